The molecule has 0 aliphatic carbocycles. The number of hydrogen-bond donors (Lipinski definition) is 2. The number of sulfonamides is 1. The summed E-state index contributed by atoms with van der Waals surface area (Å²) in [4.78, 5) is 23.2. The second-order valence-electron chi connectivity index (χ2n) is 4.82. The Labute approximate surface area is 144 Å². The molecule has 7 nitrogen and oxygen atoms in total. The lowest BCUT2D eigenvalue weighted by Crippen LogP contribution is -2.31. The van der Waals surface area contributed by atoms with Gasteiger partial charge in [-0.1, -0.05) is 17.7 Å². The SMILES string of the molecule is O=C(CCCNC(=O)c1ccco1)NS(=O)(=O)c1cccc(Cl)c1. The van der Waals surface area contributed by atoms with E-state index in [1.807, 2.05) is 4.72 Å². The number of furan rings is 1. The number of benzene rings is 1. The van der Waals surface area contributed by atoms with Crippen LogP contribution in [0.1, 0.15) is 23.4 Å². The largest absolute Gasteiger partial charge is 0.459 e. The zero-order chi connectivity index (χ0) is 17.6. The van der Waals surface area contributed by atoms with Gasteiger partial charge >= 0.3 is 0 Å². The first-order chi connectivity index (χ1) is 11.4. The third-order valence-corrected chi connectivity index (χ3v) is 4.57. The molecular formula is C15H15ClN2O5S. The summed E-state index contributed by atoms with van der Waals surface area (Å²) in [5, 5.41) is 2.82. The van der Waals surface area contributed by atoms with Gasteiger partial charge in [0.15, 0.2) is 5.76 Å². The maximum absolute atomic E-state index is 12.0. The molecule has 2 rings (SSSR count). The van der Waals surface area contributed by atoms with E-state index >= 15 is 0 Å². The van der Waals surface area contributed by atoms with E-state index in [-0.39, 0.29) is 35.1 Å². The van der Waals surface area contributed by atoms with Crippen molar-refractivity contribution in [2.45, 2.75) is 17.7 Å². The predicted molar refractivity (Wildman–Crippen MR) is 87.1 cm³/mol. The van der Waals surface area contributed by atoms with Crippen molar-refractivity contribution in [1.29, 1.82) is 0 Å². The summed E-state index contributed by atoms with van der Waals surface area (Å²) >= 11 is 5.74. The fourth-order valence-electron chi connectivity index (χ4n) is 1.84. The Hall–Kier alpha value is -2.32. The van der Waals surface area contributed by atoms with Crippen LogP contribution >= 0.6 is 11.6 Å². The highest BCUT2D eigenvalue weighted by atomic mass is 35.5. The predicted octanol–water partition coefficient (Wildman–Crippen LogP) is 1.95. The van der Waals surface area contributed by atoms with Gasteiger partial charge in [-0.25, -0.2) is 13.1 Å². The molecule has 128 valence electrons. The Morgan fingerprint density at radius 1 is 1.17 bits per heavy atom. The molecule has 2 amide bonds. The maximum atomic E-state index is 12.0. The highest BCUT2D eigenvalue weighted by molar-refractivity contribution is 7.90. The summed E-state index contributed by atoms with van der Waals surface area (Å²) in [5.41, 5.74) is 0. The monoisotopic (exact) mass is 370 g/mol. The number of amides is 2. The van der Waals surface area contributed by atoms with Gasteiger partial charge in [0.2, 0.25) is 5.91 Å². The second-order valence-corrected chi connectivity index (χ2v) is 6.94. The van der Waals surface area contributed by atoms with Crippen LogP contribution in [0.25, 0.3) is 0 Å². The van der Waals surface area contributed by atoms with Crippen molar-refractivity contribution in [3.8, 4) is 0 Å². The van der Waals surface area contributed by atoms with E-state index in [0.29, 0.717) is 0 Å². The van der Waals surface area contributed by atoms with Gasteiger partial charge in [-0.2, -0.15) is 0 Å². The summed E-state index contributed by atoms with van der Waals surface area (Å²) in [6.45, 7) is 0.212. The van der Waals surface area contributed by atoms with Crippen molar-refractivity contribution in [1.82, 2.24) is 10.0 Å². The average molecular weight is 371 g/mol. The molecule has 2 N–H and O–H groups in total. The smallest absolute Gasteiger partial charge is 0.286 e. The van der Waals surface area contributed by atoms with E-state index in [9.17, 15) is 18.0 Å². The zero-order valence-corrected chi connectivity index (χ0v) is 14.1. The molecule has 1 heterocycles. The van der Waals surface area contributed by atoms with Gasteiger partial charge < -0.3 is 9.73 Å². The Morgan fingerprint density at radius 3 is 2.62 bits per heavy atom. The first kappa shape index (κ1) is 18.0. The van der Waals surface area contributed by atoms with E-state index < -0.39 is 21.8 Å². The fourth-order valence-corrected chi connectivity index (χ4v) is 3.15. The van der Waals surface area contributed by atoms with Crippen molar-refractivity contribution >= 4 is 33.4 Å². The lowest BCUT2D eigenvalue weighted by molar-refractivity contribution is -0.119. The molecule has 0 atom stereocenters. The van der Waals surface area contributed by atoms with Crippen LogP contribution in [0.5, 0.6) is 0 Å². The second kappa shape index (κ2) is 7.98. The van der Waals surface area contributed by atoms with E-state index in [4.69, 9.17) is 16.0 Å². The van der Waals surface area contributed by atoms with Crippen molar-refractivity contribution in [2.24, 2.45) is 0 Å². The summed E-state index contributed by atoms with van der Waals surface area (Å²) in [7, 11) is -3.96. The minimum atomic E-state index is -3.96. The molecule has 0 spiro atoms. The van der Waals surface area contributed by atoms with E-state index in [1.54, 1.807) is 6.07 Å². The molecule has 2 aromatic rings. The minimum absolute atomic E-state index is 0.0573. The molecule has 1 aromatic carbocycles. The number of carbonyl (C=O) groups excluding carboxylic acids is 2. The highest BCUT2D eigenvalue weighted by Crippen LogP contribution is 2.15. The van der Waals surface area contributed by atoms with Gasteiger partial charge in [0.25, 0.3) is 15.9 Å². The first-order valence-electron chi connectivity index (χ1n) is 7.01. The van der Waals surface area contributed by atoms with Gasteiger partial charge in [-0.05, 0) is 36.8 Å². The average Bonchev–Trinajstić information content (AvgIpc) is 3.05. The van der Waals surface area contributed by atoms with Crippen molar-refractivity contribution in [3.63, 3.8) is 0 Å². The third-order valence-electron chi connectivity index (χ3n) is 2.97. The topological polar surface area (TPSA) is 105 Å². The van der Waals surface area contributed by atoms with Gasteiger partial charge in [-0.3, -0.25) is 9.59 Å². The van der Waals surface area contributed by atoms with E-state index in [1.165, 1.54) is 36.6 Å². The minimum Gasteiger partial charge on any atom is -0.459 e. The number of halogens is 1. The molecule has 0 aliphatic heterocycles. The van der Waals surface area contributed by atoms with Crippen LogP contribution in [0.15, 0.2) is 52.0 Å². The summed E-state index contributed by atoms with van der Waals surface area (Å²) in [6.07, 6.45) is 1.60. The Morgan fingerprint density at radius 2 is 1.96 bits per heavy atom. The zero-order valence-electron chi connectivity index (χ0n) is 12.5. The van der Waals surface area contributed by atoms with Crippen LogP contribution < -0.4 is 10.0 Å². The van der Waals surface area contributed by atoms with Crippen LogP contribution in [0.3, 0.4) is 0 Å². The number of hydrogen-bond acceptors (Lipinski definition) is 5. The number of nitrogens with one attached hydrogen (secondary N) is 2. The standard InChI is InChI=1S/C15H15ClN2O5S/c16-11-4-1-5-12(10-11)24(21,22)18-14(19)7-2-8-17-15(20)13-6-3-9-23-13/h1,3-6,9-10H,2,7-8H2,(H,17,20)(H,18,19). The molecule has 1 aromatic heterocycles. The van der Waals surface area contributed by atoms with Gasteiger partial charge in [0.05, 0.1) is 11.2 Å². The van der Waals surface area contributed by atoms with E-state index in [2.05, 4.69) is 5.32 Å². The van der Waals surface area contributed by atoms with Crippen molar-refractivity contribution in [3.05, 3.63) is 53.4 Å². The Bertz CT molecular complexity index is 818. The third kappa shape index (κ3) is 5.10. The highest BCUT2D eigenvalue weighted by Gasteiger charge is 2.17. The Kier molecular flexibility index (Phi) is 5.99. The summed E-state index contributed by atoms with van der Waals surface area (Å²) in [5.74, 6) is -0.892. The molecule has 0 radical (unpaired) electrons. The molecule has 0 unspecified atom stereocenters. The van der Waals surface area contributed by atoms with Gasteiger partial charge in [-0.15, -0.1) is 0 Å². The van der Waals surface area contributed by atoms with Crippen LogP contribution in [0.4, 0.5) is 0 Å². The van der Waals surface area contributed by atoms with Gasteiger partial charge in [0.1, 0.15) is 0 Å². The molecule has 0 saturated carbocycles. The molecule has 0 aliphatic rings. The van der Waals surface area contributed by atoms with Crippen LogP contribution in [-0.4, -0.2) is 26.8 Å². The quantitative estimate of drug-likeness (QED) is 0.724. The Balaban J connectivity index is 1.78. The van der Waals surface area contributed by atoms with Crippen LogP contribution in [-0.2, 0) is 14.8 Å². The van der Waals surface area contributed by atoms with Crippen molar-refractivity contribution < 1.29 is 22.4 Å². The summed E-state index contributed by atoms with van der Waals surface area (Å²) < 4.78 is 30.9. The molecule has 0 fully saturated rings. The molecular weight excluding hydrogens is 356 g/mol. The number of carbonyl (C=O) groups is 2. The first-order valence-corrected chi connectivity index (χ1v) is 8.87. The lowest BCUT2D eigenvalue weighted by Gasteiger charge is -2.07. The molecule has 0 bridgehead atoms. The van der Waals surface area contributed by atoms with E-state index in [0.717, 1.165) is 0 Å². The molecule has 24 heavy (non-hydrogen) atoms. The normalized spacial score (nSPS) is 11.0. The maximum Gasteiger partial charge on any atom is 0.286 e. The van der Waals surface area contributed by atoms with Gasteiger partial charge in [0, 0.05) is 18.0 Å². The summed E-state index contributed by atoms with van der Waals surface area (Å²) in [6, 6.07) is 8.70. The molecule has 9 heteroatoms. The molecule has 0 saturated heterocycles. The number of rotatable bonds is 7. The van der Waals surface area contributed by atoms with Crippen LogP contribution in [0.2, 0.25) is 5.02 Å². The van der Waals surface area contributed by atoms with Crippen LogP contribution in [0, 0.1) is 0 Å². The fraction of sp³-hybridized carbons (Fsp3) is 0.200. The van der Waals surface area contributed by atoms with Crippen molar-refractivity contribution in [2.75, 3.05) is 6.54 Å². The lowest BCUT2D eigenvalue weighted by atomic mass is 10.3.